The van der Waals surface area contributed by atoms with Crippen LogP contribution in [-0.2, 0) is 14.8 Å². The number of hydrogen-bond acceptors (Lipinski definition) is 4. The van der Waals surface area contributed by atoms with E-state index >= 15 is 0 Å². The molecular formula is C10H16BrNO3S2. The van der Waals surface area contributed by atoms with Gasteiger partial charge in [-0.1, -0.05) is 0 Å². The van der Waals surface area contributed by atoms with E-state index in [0.717, 1.165) is 8.66 Å². The first-order chi connectivity index (χ1) is 7.86. The zero-order valence-corrected chi connectivity index (χ0v) is 13.2. The normalized spacial score (nSPS) is 13.9. The third kappa shape index (κ3) is 4.33. The molecule has 1 rings (SSSR count). The molecule has 1 heterocycles. The van der Waals surface area contributed by atoms with E-state index in [2.05, 4.69) is 20.7 Å². The Bertz CT molecular complexity index is 470. The lowest BCUT2D eigenvalue weighted by Gasteiger charge is -2.13. The van der Waals surface area contributed by atoms with Crippen molar-refractivity contribution in [2.45, 2.75) is 31.2 Å². The predicted molar refractivity (Wildman–Crippen MR) is 73.0 cm³/mol. The summed E-state index contributed by atoms with van der Waals surface area (Å²) in [6.07, 6.45) is 0.653. The SMILES string of the molecule is COCCC(C)NS(=O)(=O)c1cc(Br)sc1C. The molecule has 0 saturated heterocycles. The molecular weight excluding hydrogens is 326 g/mol. The second kappa shape index (κ2) is 6.29. The summed E-state index contributed by atoms with van der Waals surface area (Å²) >= 11 is 4.70. The van der Waals surface area contributed by atoms with Crippen LogP contribution in [0.4, 0.5) is 0 Å². The Hall–Kier alpha value is 0.0500. The number of ether oxygens (including phenoxy) is 1. The summed E-state index contributed by atoms with van der Waals surface area (Å²) in [5.41, 5.74) is 0. The molecule has 0 saturated carbocycles. The molecule has 1 unspecified atom stereocenters. The summed E-state index contributed by atoms with van der Waals surface area (Å²) in [6, 6.07) is 1.49. The van der Waals surface area contributed by atoms with E-state index < -0.39 is 10.0 Å². The van der Waals surface area contributed by atoms with Gasteiger partial charge in [0.2, 0.25) is 10.0 Å². The van der Waals surface area contributed by atoms with Gasteiger partial charge in [0.25, 0.3) is 0 Å². The maximum absolute atomic E-state index is 12.1. The molecule has 0 aliphatic heterocycles. The molecule has 0 spiro atoms. The van der Waals surface area contributed by atoms with Gasteiger partial charge in [0.1, 0.15) is 0 Å². The Balaban J connectivity index is 2.79. The van der Waals surface area contributed by atoms with Gasteiger partial charge in [0, 0.05) is 24.6 Å². The average molecular weight is 342 g/mol. The van der Waals surface area contributed by atoms with E-state index in [-0.39, 0.29) is 6.04 Å². The summed E-state index contributed by atoms with van der Waals surface area (Å²) in [6.45, 7) is 4.16. The molecule has 0 aromatic carbocycles. The molecule has 7 heteroatoms. The first-order valence-corrected chi connectivity index (χ1v) is 8.23. The van der Waals surface area contributed by atoms with E-state index in [1.165, 1.54) is 11.3 Å². The Labute approximate surface area is 115 Å². The summed E-state index contributed by atoms with van der Waals surface area (Å²) in [4.78, 5) is 1.13. The van der Waals surface area contributed by atoms with Gasteiger partial charge in [-0.05, 0) is 42.3 Å². The first-order valence-electron chi connectivity index (χ1n) is 5.14. The van der Waals surface area contributed by atoms with Gasteiger partial charge in [-0.3, -0.25) is 0 Å². The molecule has 0 bridgehead atoms. The molecule has 0 fully saturated rings. The van der Waals surface area contributed by atoms with Gasteiger partial charge < -0.3 is 4.74 Å². The van der Waals surface area contributed by atoms with E-state index in [1.807, 2.05) is 6.92 Å². The lowest BCUT2D eigenvalue weighted by Crippen LogP contribution is -2.33. The molecule has 17 heavy (non-hydrogen) atoms. The van der Waals surface area contributed by atoms with Crippen molar-refractivity contribution in [3.8, 4) is 0 Å². The third-order valence-electron chi connectivity index (χ3n) is 2.24. The number of thiophene rings is 1. The Morgan fingerprint density at radius 3 is 2.71 bits per heavy atom. The highest BCUT2D eigenvalue weighted by atomic mass is 79.9. The van der Waals surface area contributed by atoms with Crippen LogP contribution in [0.1, 0.15) is 18.2 Å². The predicted octanol–water partition coefficient (Wildman–Crippen LogP) is 2.52. The molecule has 1 atom stereocenters. The van der Waals surface area contributed by atoms with Crippen molar-refractivity contribution in [2.24, 2.45) is 0 Å². The van der Waals surface area contributed by atoms with Gasteiger partial charge in [-0.15, -0.1) is 11.3 Å². The summed E-state index contributed by atoms with van der Waals surface area (Å²) in [5, 5.41) is 0. The Morgan fingerprint density at radius 1 is 1.59 bits per heavy atom. The molecule has 1 aromatic heterocycles. The van der Waals surface area contributed by atoms with E-state index in [4.69, 9.17) is 4.74 Å². The monoisotopic (exact) mass is 341 g/mol. The van der Waals surface area contributed by atoms with E-state index in [1.54, 1.807) is 20.1 Å². The number of halogens is 1. The standard InChI is InChI=1S/C10H16BrNO3S2/c1-7(4-5-15-3)12-17(13,14)9-6-10(11)16-8(9)2/h6-7,12H,4-5H2,1-3H3. The molecule has 1 aromatic rings. The van der Waals surface area contributed by atoms with Crippen LogP contribution in [0.5, 0.6) is 0 Å². The van der Waals surface area contributed by atoms with Crippen molar-refractivity contribution < 1.29 is 13.2 Å². The smallest absolute Gasteiger partial charge is 0.241 e. The second-order valence-electron chi connectivity index (χ2n) is 3.77. The van der Waals surface area contributed by atoms with Crippen molar-refractivity contribution in [1.82, 2.24) is 4.72 Å². The van der Waals surface area contributed by atoms with Gasteiger partial charge in [0.15, 0.2) is 0 Å². The number of sulfonamides is 1. The molecule has 0 radical (unpaired) electrons. The fourth-order valence-electron chi connectivity index (χ4n) is 1.38. The molecule has 98 valence electrons. The lowest BCUT2D eigenvalue weighted by molar-refractivity contribution is 0.188. The minimum absolute atomic E-state index is 0.141. The van der Waals surface area contributed by atoms with Crippen LogP contribution in [0, 0.1) is 6.92 Å². The largest absolute Gasteiger partial charge is 0.385 e. The lowest BCUT2D eigenvalue weighted by atomic mass is 10.3. The molecule has 0 amide bonds. The average Bonchev–Trinajstić information content (AvgIpc) is 2.55. The summed E-state index contributed by atoms with van der Waals surface area (Å²) in [5.74, 6) is 0. The number of methoxy groups -OCH3 is 1. The zero-order valence-electron chi connectivity index (χ0n) is 9.99. The number of aryl methyl sites for hydroxylation is 1. The van der Waals surface area contributed by atoms with Crippen LogP contribution >= 0.6 is 27.3 Å². The highest BCUT2D eigenvalue weighted by Gasteiger charge is 2.21. The van der Waals surface area contributed by atoms with Crippen molar-refractivity contribution in [2.75, 3.05) is 13.7 Å². The molecule has 4 nitrogen and oxygen atoms in total. The van der Waals surface area contributed by atoms with Crippen LogP contribution in [0.25, 0.3) is 0 Å². The maximum Gasteiger partial charge on any atom is 0.241 e. The van der Waals surface area contributed by atoms with Crippen molar-refractivity contribution >= 4 is 37.3 Å². The van der Waals surface area contributed by atoms with Gasteiger partial charge in [-0.25, -0.2) is 13.1 Å². The third-order valence-corrected chi connectivity index (χ3v) is 5.64. The van der Waals surface area contributed by atoms with Crippen LogP contribution in [0.15, 0.2) is 14.7 Å². The summed E-state index contributed by atoms with van der Waals surface area (Å²) in [7, 11) is -1.83. The minimum atomic E-state index is -3.42. The highest BCUT2D eigenvalue weighted by molar-refractivity contribution is 9.11. The quantitative estimate of drug-likeness (QED) is 0.864. The van der Waals surface area contributed by atoms with Crippen molar-refractivity contribution in [1.29, 1.82) is 0 Å². The zero-order chi connectivity index (χ0) is 13.1. The molecule has 0 aliphatic carbocycles. The van der Waals surface area contributed by atoms with Crippen LogP contribution in [0.2, 0.25) is 0 Å². The minimum Gasteiger partial charge on any atom is -0.385 e. The van der Waals surface area contributed by atoms with Crippen LogP contribution < -0.4 is 4.72 Å². The highest BCUT2D eigenvalue weighted by Crippen LogP contribution is 2.29. The molecule has 1 N–H and O–H groups in total. The topological polar surface area (TPSA) is 55.4 Å². The first kappa shape index (κ1) is 15.1. The van der Waals surface area contributed by atoms with E-state index in [9.17, 15) is 8.42 Å². The molecule has 0 aliphatic rings. The van der Waals surface area contributed by atoms with Crippen molar-refractivity contribution in [3.63, 3.8) is 0 Å². The van der Waals surface area contributed by atoms with E-state index in [0.29, 0.717) is 17.9 Å². The number of nitrogens with one attached hydrogen (secondary N) is 1. The second-order valence-corrected chi connectivity index (χ2v) is 8.09. The fraction of sp³-hybridized carbons (Fsp3) is 0.600. The number of hydrogen-bond donors (Lipinski definition) is 1. The maximum atomic E-state index is 12.1. The van der Waals surface area contributed by atoms with Gasteiger partial charge in [-0.2, -0.15) is 0 Å². The Kier molecular flexibility index (Phi) is 5.59. The summed E-state index contributed by atoms with van der Waals surface area (Å²) < 4.78 is 32.5. The Morgan fingerprint density at radius 2 is 2.24 bits per heavy atom. The van der Waals surface area contributed by atoms with Gasteiger partial charge in [0.05, 0.1) is 8.68 Å². The van der Waals surface area contributed by atoms with Crippen LogP contribution in [-0.4, -0.2) is 28.2 Å². The van der Waals surface area contributed by atoms with Crippen molar-refractivity contribution in [3.05, 3.63) is 14.7 Å². The fourth-order valence-corrected chi connectivity index (χ4v) is 5.07. The van der Waals surface area contributed by atoms with Crippen LogP contribution in [0.3, 0.4) is 0 Å². The number of rotatable bonds is 6. The van der Waals surface area contributed by atoms with Gasteiger partial charge >= 0.3 is 0 Å².